The molecule has 0 aliphatic heterocycles. The largest absolute Gasteiger partial charge is 0.457 e. The molecule has 0 fully saturated rings. The molecule has 0 saturated carbocycles. The Labute approximate surface area is 161 Å². The van der Waals surface area contributed by atoms with Crippen molar-refractivity contribution in [3.63, 3.8) is 0 Å². The van der Waals surface area contributed by atoms with Crippen LogP contribution in [0.3, 0.4) is 0 Å². The van der Waals surface area contributed by atoms with E-state index in [1.165, 1.54) is 11.1 Å². The Bertz CT molecular complexity index is 921. The van der Waals surface area contributed by atoms with Crippen molar-refractivity contribution in [3.05, 3.63) is 70.3 Å². The van der Waals surface area contributed by atoms with Gasteiger partial charge in [-0.1, -0.05) is 12.1 Å². The van der Waals surface area contributed by atoms with Gasteiger partial charge in [0.1, 0.15) is 0 Å². The second-order valence-electron chi connectivity index (χ2n) is 6.83. The summed E-state index contributed by atoms with van der Waals surface area (Å²) in [5.74, 6) is -3.70. The van der Waals surface area contributed by atoms with E-state index in [2.05, 4.69) is 0 Å². The lowest BCUT2D eigenvalue weighted by atomic mass is 9.89. The Hall–Kier alpha value is -2.89. The van der Waals surface area contributed by atoms with E-state index >= 15 is 0 Å². The molecule has 4 nitrogen and oxygen atoms in total. The molecule has 0 spiro atoms. The fraction of sp³-hybridized carbons (Fsp3) is 0.318. The molecular formula is C22H20F2O4. The van der Waals surface area contributed by atoms with Crippen molar-refractivity contribution in [1.29, 1.82) is 0 Å². The second-order valence-corrected chi connectivity index (χ2v) is 6.83. The van der Waals surface area contributed by atoms with Crippen molar-refractivity contribution in [2.24, 2.45) is 0 Å². The Morgan fingerprint density at radius 3 is 2.21 bits per heavy atom. The van der Waals surface area contributed by atoms with Gasteiger partial charge in [0.25, 0.3) is 0 Å². The van der Waals surface area contributed by atoms with Gasteiger partial charge in [-0.15, -0.1) is 0 Å². The van der Waals surface area contributed by atoms with Crippen molar-refractivity contribution >= 4 is 17.5 Å². The molecular weight excluding hydrogens is 366 g/mol. The third-order valence-corrected chi connectivity index (χ3v) is 4.83. The van der Waals surface area contributed by atoms with Crippen LogP contribution in [0.15, 0.2) is 36.4 Å². The monoisotopic (exact) mass is 386 g/mol. The Morgan fingerprint density at radius 1 is 0.786 bits per heavy atom. The highest BCUT2D eigenvalue weighted by molar-refractivity contribution is 5.99. The summed E-state index contributed by atoms with van der Waals surface area (Å²) in [6.07, 6.45) is 4.10. The molecule has 1 aliphatic rings. The fourth-order valence-electron chi connectivity index (χ4n) is 3.24. The minimum atomic E-state index is -1.15. The predicted octanol–water partition coefficient (Wildman–Crippen LogP) is 4.23. The first-order chi connectivity index (χ1) is 13.4. The molecule has 0 heterocycles. The minimum Gasteiger partial charge on any atom is -0.457 e. The molecule has 6 heteroatoms. The molecule has 2 aromatic rings. The summed E-state index contributed by atoms with van der Waals surface area (Å²) in [5, 5.41) is 0. The summed E-state index contributed by atoms with van der Waals surface area (Å²) in [7, 11) is 0. The molecule has 0 aromatic heterocycles. The van der Waals surface area contributed by atoms with Crippen molar-refractivity contribution in [2.75, 3.05) is 6.61 Å². The van der Waals surface area contributed by atoms with Gasteiger partial charge >= 0.3 is 5.97 Å². The maximum absolute atomic E-state index is 13.1. The van der Waals surface area contributed by atoms with Crippen LogP contribution in [-0.2, 0) is 22.4 Å². The number of hydrogen-bond donors (Lipinski definition) is 0. The van der Waals surface area contributed by atoms with Crippen LogP contribution in [-0.4, -0.2) is 24.1 Å². The first kappa shape index (κ1) is 19.9. The van der Waals surface area contributed by atoms with Crippen LogP contribution in [0.25, 0.3) is 0 Å². The lowest BCUT2D eigenvalue weighted by Crippen LogP contribution is -2.15. The van der Waals surface area contributed by atoms with E-state index in [9.17, 15) is 23.2 Å². The van der Waals surface area contributed by atoms with Crippen LogP contribution in [0.1, 0.15) is 57.5 Å². The number of ether oxygens (including phenoxy) is 1. The van der Waals surface area contributed by atoms with Gasteiger partial charge in [-0.2, -0.15) is 0 Å². The molecule has 0 atom stereocenters. The molecule has 3 rings (SSSR count). The molecule has 0 saturated heterocycles. The molecule has 0 bridgehead atoms. The molecule has 1 aliphatic carbocycles. The van der Waals surface area contributed by atoms with Crippen molar-refractivity contribution in [3.8, 4) is 0 Å². The molecule has 28 heavy (non-hydrogen) atoms. The van der Waals surface area contributed by atoms with Gasteiger partial charge < -0.3 is 4.74 Å². The minimum absolute atomic E-state index is 0.0169. The normalized spacial score (nSPS) is 12.9. The van der Waals surface area contributed by atoms with E-state index in [1.54, 1.807) is 6.07 Å². The number of fused-ring (bicyclic) bond motifs is 1. The van der Waals surface area contributed by atoms with Crippen LogP contribution in [0.4, 0.5) is 8.78 Å². The molecule has 0 radical (unpaired) electrons. The fourth-order valence-corrected chi connectivity index (χ4v) is 3.24. The topological polar surface area (TPSA) is 60.4 Å². The molecule has 0 unspecified atom stereocenters. The van der Waals surface area contributed by atoms with E-state index < -0.39 is 30.0 Å². The number of halogens is 2. The summed E-state index contributed by atoms with van der Waals surface area (Å²) >= 11 is 0. The van der Waals surface area contributed by atoms with Gasteiger partial charge in [0.05, 0.1) is 6.42 Å². The Balaban J connectivity index is 1.48. The SMILES string of the molecule is O=C(CCC(=O)c1ccc2c(c1)CCCC2)OCC(=O)c1ccc(F)c(F)c1. The third-order valence-electron chi connectivity index (χ3n) is 4.83. The summed E-state index contributed by atoms with van der Waals surface area (Å²) in [5.41, 5.74) is 2.96. The standard InChI is InChI=1S/C22H20F2O4/c23-18-8-7-17(12-19(18)24)21(26)13-28-22(27)10-9-20(25)16-6-5-14-3-1-2-4-15(14)11-16/h5-8,11-12H,1-4,9-10,13H2. The number of rotatable bonds is 7. The average molecular weight is 386 g/mol. The zero-order chi connectivity index (χ0) is 20.1. The number of benzene rings is 2. The number of carbonyl (C=O) groups is 3. The number of Topliss-reactive ketones (excluding diaryl/α,β-unsaturated/α-hetero) is 2. The van der Waals surface area contributed by atoms with Gasteiger partial charge in [-0.25, -0.2) is 8.78 Å². The highest BCUT2D eigenvalue weighted by atomic mass is 19.2. The highest BCUT2D eigenvalue weighted by Crippen LogP contribution is 2.23. The van der Waals surface area contributed by atoms with Gasteiger partial charge in [0.15, 0.2) is 29.8 Å². The number of hydrogen-bond acceptors (Lipinski definition) is 4. The van der Waals surface area contributed by atoms with Gasteiger partial charge in [0, 0.05) is 17.5 Å². The van der Waals surface area contributed by atoms with E-state index in [0.29, 0.717) is 5.56 Å². The van der Waals surface area contributed by atoms with Crippen LogP contribution in [0.5, 0.6) is 0 Å². The van der Waals surface area contributed by atoms with E-state index in [0.717, 1.165) is 43.9 Å². The summed E-state index contributed by atoms with van der Waals surface area (Å²) in [6, 6.07) is 8.36. The van der Waals surface area contributed by atoms with E-state index in [4.69, 9.17) is 4.74 Å². The summed E-state index contributed by atoms with van der Waals surface area (Å²) in [4.78, 5) is 36.0. The quantitative estimate of drug-likeness (QED) is 0.528. The molecule has 0 N–H and O–H groups in total. The van der Waals surface area contributed by atoms with Crippen molar-refractivity contribution in [1.82, 2.24) is 0 Å². The maximum atomic E-state index is 13.1. The van der Waals surface area contributed by atoms with E-state index in [1.807, 2.05) is 12.1 Å². The molecule has 0 amide bonds. The predicted molar refractivity (Wildman–Crippen MR) is 98.3 cm³/mol. The number of aryl methyl sites for hydroxylation is 2. The number of carbonyl (C=O) groups excluding carboxylic acids is 3. The van der Waals surface area contributed by atoms with Crippen molar-refractivity contribution < 1.29 is 27.9 Å². The first-order valence-electron chi connectivity index (χ1n) is 9.23. The summed E-state index contributed by atoms with van der Waals surface area (Å²) < 4.78 is 30.9. The lowest BCUT2D eigenvalue weighted by molar-refractivity contribution is -0.142. The first-order valence-corrected chi connectivity index (χ1v) is 9.23. The zero-order valence-corrected chi connectivity index (χ0v) is 15.3. The van der Waals surface area contributed by atoms with E-state index in [-0.39, 0.29) is 24.2 Å². The molecule has 2 aromatic carbocycles. The van der Waals surface area contributed by atoms with Crippen molar-refractivity contribution in [2.45, 2.75) is 38.5 Å². The smallest absolute Gasteiger partial charge is 0.306 e. The zero-order valence-electron chi connectivity index (χ0n) is 15.3. The molecule has 146 valence electrons. The lowest BCUT2D eigenvalue weighted by Gasteiger charge is -2.16. The van der Waals surface area contributed by atoms with Crippen LogP contribution >= 0.6 is 0 Å². The highest BCUT2D eigenvalue weighted by Gasteiger charge is 2.16. The van der Waals surface area contributed by atoms with Gasteiger partial charge in [-0.05, 0) is 61.1 Å². The average Bonchev–Trinajstić information content (AvgIpc) is 2.71. The Kier molecular flexibility index (Phi) is 6.29. The summed E-state index contributed by atoms with van der Waals surface area (Å²) in [6.45, 7) is -0.586. The van der Waals surface area contributed by atoms with Gasteiger partial charge in [0.2, 0.25) is 0 Å². The number of ketones is 2. The number of esters is 1. The Morgan fingerprint density at radius 2 is 1.46 bits per heavy atom. The maximum Gasteiger partial charge on any atom is 0.306 e. The van der Waals surface area contributed by atoms with Crippen LogP contribution < -0.4 is 0 Å². The van der Waals surface area contributed by atoms with Crippen LogP contribution in [0.2, 0.25) is 0 Å². The second kappa shape index (κ2) is 8.87. The van der Waals surface area contributed by atoms with Crippen LogP contribution in [0, 0.1) is 11.6 Å². The third kappa shape index (κ3) is 4.88. The van der Waals surface area contributed by atoms with Gasteiger partial charge in [-0.3, -0.25) is 14.4 Å².